The first-order valence-electron chi connectivity index (χ1n) is 26.0. The van der Waals surface area contributed by atoms with Crippen LogP contribution >= 0.6 is 0 Å². The molecule has 0 N–H and O–H groups in total. The molecule has 0 aliphatic rings. The molecule has 0 aliphatic heterocycles. The van der Waals surface area contributed by atoms with Crippen molar-refractivity contribution in [3.63, 3.8) is 0 Å². The summed E-state index contributed by atoms with van der Waals surface area (Å²) < 4.78 is 7.91. The largest absolute Gasteiger partial charge is 0.0514 e. The molecule has 76 heavy (non-hydrogen) atoms. The van der Waals surface area contributed by atoms with Crippen LogP contribution in [0.1, 0.15) is 11.1 Å². The minimum Gasteiger partial charge on any atom is -0.0514 e. The van der Waals surface area contributed by atoms with Gasteiger partial charge in [-0.3, -0.25) is 0 Å². The quantitative estimate of drug-likeness (QED) is 0.121. The van der Waals surface area contributed by atoms with Gasteiger partial charge >= 0.3 is 353 Å². The van der Waals surface area contributed by atoms with E-state index in [1.54, 1.807) is 0 Å². The minimum absolute atomic E-state index is 0.591. The fraction of sp³-hybridized carbons (Fsp3) is 0.0282. The molecule has 13 aromatic rings. The van der Waals surface area contributed by atoms with Gasteiger partial charge in [0.25, 0.3) is 0 Å². The first-order valence-corrected chi connectivity index (χ1v) is 30.2. The molecule has 4 nitrogen and oxygen atoms in total. The molecule has 11 aromatic carbocycles. The zero-order valence-corrected chi connectivity index (χ0v) is 44.4. The van der Waals surface area contributed by atoms with Crippen LogP contribution in [0.15, 0.2) is 279 Å². The third-order valence-electron chi connectivity index (χ3n) is 14.9. The van der Waals surface area contributed by atoms with Crippen molar-refractivity contribution in [1.82, 2.24) is 19.5 Å². The molecule has 0 saturated heterocycles. The van der Waals surface area contributed by atoms with Crippen molar-refractivity contribution in [2.24, 2.45) is 0 Å². The number of nitrogens with zero attached hydrogens (tertiary/aromatic N) is 4. The number of aromatic nitrogens is 4. The van der Waals surface area contributed by atoms with Crippen molar-refractivity contribution in [2.75, 3.05) is 0 Å². The van der Waals surface area contributed by atoms with Gasteiger partial charge in [-0.1, -0.05) is 71.8 Å². The molecule has 360 valence electrons. The zero-order chi connectivity index (χ0) is 51.0. The Kier molecular flexibility index (Phi) is 12.2. The molecule has 2 heterocycles. The molecule has 0 aliphatic carbocycles. The molecule has 5 heteroatoms. The van der Waals surface area contributed by atoms with Crippen LogP contribution in [-0.2, 0) is 0 Å². The molecule has 2 aromatic heterocycles. The smallest absolute Gasteiger partial charge is 0.0514 e. The van der Waals surface area contributed by atoms with Gasteiger partial charge in [0.2, 0.25) is 0 Å². The number of fused-ring (bicyclic) bond motifs is 3. The molecule has 0 spiro atoms. The Balaban J connectivity index is 1.09. The van der Waals surface area contributed by atoms with E-state index < -0.39 is 13.3 Å². The van der Waals surface area contributed by atoms with Gasteiger partial charge in [-0.05, 0) is 25.0 Å². The van der Waals surface area contributed by atoms with Crippen LogP contribution in [0, 0.1) is 13.8 Å². The number of hydrogen-bond acceptors (Lipinski definition) is 3. The maximum absolute atomic E-state index is 5.44. The van der Waals surface area contributed by atoms with E-state index >= 15 is 0 Å². The van der Waals surface area contributed by atoms with Crippen molar-refractivity contribution >= 4 is 52.7 Å². The Morgan fingerprint density at radius 3 is 1.09 bits per heavy atom. The molecule has 0 amide bonds. The Morgan fingerprint density at radius 2 is 0.632 bits per heavy atom. The summed E-state index contributed by atoms with van der Waals surface area (Å²) in [6, 6.07) is 102. The summed E-state index contributed by atoms with van der Waals surface area (Å²) in [5.41, 5.74) is 15.3. The van der Waals surface area contributed by atoms with E-state index in [1.807, 2.05) is 36.4 Å². The van der Waals surface area contributed by atoms with E-state index in [1.165, 1.54) is 61.7 Å². The van der Waals surface area contributed by atoms with Crippen LogP contribution in [-0.4, -0.2) is 32.8 Å². The summed E-state index contributed by atoms with van der Waals surface area (Å²) >= 11 is -3.63. The summed E-state index contributed by atoms with van der Waals surface area (Å²) in [5.74, 6) is 1.82. The molecule has 0 radical (unpaired) electrons. The fourth-order valence-electron chi connectivity index (χ4n) is 11.3. The Bertz CT molecular complexity index is 3970. The van der Waals surface area contributed by atoms with E-state index in [0.717, 1.165) is 44.5 Å². The topological polar surface area (TPSA) is 43.6 Å². The van der Waals surface area contributed by atoms with E-state index in [0.29, 0.717) is 17.5 Å². The third kappa shape index (κ3) is 8.53. The first kappa shape index (κ1) is 46.6. The van der Waals surface area contributed by atoms with Crippen LogP contribution in [0.5, 0.6) is 0 Å². The summed E-state index contributed by atoms with van der Waals surface area (Å²) in [4.78, 5) is 16.0. The fourth-order valence-corrected chi connectivity index (χ4v) is 21.4. The standard InChI is InChI=1S/C71H52GeN4/c1-49-21-18-27-53(43-49)56-37-40-66-63(46-56)64-47-57(54-28-19-22-50(2)44-54)38-41-67(64)76(66)68-42-39-58(48-65(68)71-74-69(51-23-8-3-9-24-51)73-70(75-71)52-25-10-4-11-26-52)55-29-20-36-62(45-55)72(59-30-12-5-13-31-59,60-32-14-6-15-33-60)61-34-16-7-17-35-61/h3-48H,1-2H3. The predicted molar refractivity (Wildman–Crippen MR) is 320 cm³/mol. The number of benzene rings is 11. The number of aryl methyl sites for hydroxylation is 2. The van der Waals surface area contributed by atoms with Crippen LogP contribution in [0.2, 0.25) is 0 Å². The summed E-state index contributed by atoms with van der Waals surface area (Å²) in [7, 11) is 0. The monoisotopic (exact) mass is 1030 g/mol. The maximum Gasteiger partial charge on any atom is -0.0514 e. The molecule has 0 unspecified atom stereocenters. The Labute approximate surface area is 446 Å². The second-order valence-electron chi connectivity index (χ2n) is 19.7. The average molecular weight is 1030 g/mol. The minimum atomic E-state index is -3.63. The van der Waals surface area contributed by atoms with Gasteiger partial charge in [0.05, 0.1) is 0 Å². The molecular formula is C71H52GeN4. The summed E-state index contributed by atoms with van der Waals surface area (Å²) in [6.45, 7) is 4.32. The zero-order valence-electron chi connectivity index (χ0n) is 42.3. The van der Waals surface area contributed by atoms with Crippen molar-refractivity contribution in [3.8, 4) is 73.2 Å². The van der Waals surface area contributed by atoms with Gasteiger partial charge in [0.15, 0.2) is 0 Å². The van der Waals surface area contributed by atoms with Crippen LogP contribution in [0.25, 0.3) is 95.0 Å². The van der Waals surface area contributed by atoms with E-state index in [-0.39, 0.29) is 0 Å². The molecular weight excluding hydrogens is 981 g/mol. The number of rotatable bonds is 11. The molecule has 13 rings (SSSR count). The van der Waals surface area contributed by atoms with E-state index in [2.05, 4.69) is 261 Å². The SMILES string of the molecule is Cc1cccc(-c2ccc3c(c2)c2cc(-c4cccc(C)c4)ccc2n3-c2ccc(-c3ccc[c]([Ge]([c]4ccccc4)([c]4ccccc4)[c]4ccccc4)c3)cc2-c2nc(-c3ccccc3)nc(-c3ccccc3)n2)c1. The number of hydrogen-bond donors (Lipinski definition) is 0. The summed E-state index contributed by atoms with van der Waals surface area (Å²) in [5, 5.41) is 2.34. The van der Waals surface area contributed by atoms with Gasteiger partial charge < -0.3 is 0 Å². The van der Waals surface area contributed by atoms with Crippen molar-refractivity contribution in [1.29, 1.82) is 0 Å². The molecule has 0 bridgehead atoms. The van der Waals surface area contributed by atoms with Gasteiger partial charge in [0.1, 0.15) is 0 Å². The molecule has 0 fully saturated rings. The van der Waals surface area contributed by atoms with Crippen LogP contribution < -0.4 is 17.6 Å². The normalized spacial score (nSPS) is 11.6. The Morgan fingerprint density at radius 1 is 0.276 bits per heavy atom. The van der Waals surface area contributed by atoms with E-state index in [4.69, 9.17) is 15.0 Å². The Hall–Kier alpha value is -9.23. The molecule has 0 saturated carbocycles. The predicted octanol–water partition coefficient (Wildman–Crippen LogP) is 15.0. The second-order valence-corrected chi connectivity index (χ2v) is 27.7. The molecule has 0 atom stereocenters. The maximum atomic E-state index is 5.44. The van der Waals surface area contributed by atoms with Crippen molar-refractivity contribution in [2.45, 2.75) is 13.8 Å². The first-order chi connectivity index (χ1) is 37.5. The van der Waals surface area contributed by atoms with Crippen LogP contribution in [0.3, 0.4) is 0 Å². The van der Waals surface area contributed by atoms with Gasteiger partial charge in [0, 0.05) is 0 Å². The van der Waals surface area contributed by atoms with Crippen molar-refractivity contribution in [3.05, 3.63) is 290 Å². The van der Waals surface area contributed by atoms with Crippen molar-refractivity contribution < 1.29 is 0 Å². The van der Waals surface area contributed by atoms with Crippen LogP contribution in [0.4, 0.5) is 0 Å². The third-order valence-corrected chi connectivity index (χ3v) is 24.9. The average Bonchev–Trinajstić information content (AvgIpc) is 3.95. The van der Waals surface area contributed by atoms with Gasteiger partial charge in [-0.25, -0.2) is 0 Å². The van der Waals surface area contributed by atoms with Gasteiger partial charge in [-0.15, -0.1) is 0 Å². The summed E-state index contributed by atoms with van der Waals surface area (Å²) in [6.07, 6.45) is 0. The van der Waals surface area contributed by atoms with E-state index in [9.17, 15) is 0 Å². The van der Waals surface area contributed by atoms with Gasteiger partial charge in [-0.2, -0.15) is 0 Å². The second kappa shape index (κ2) is 19.9.